The van der Waals surface area contributed by atoms with Crippen molar-refractivity contribution in [3.05, 3.63) is 40.9 Å². The number of hydrogen-bond acceptors (Lipinski definition) is 3. The molecule has 0 bridgehead atoms. The summed E-state index contributed by atoms with van der Waals surface area (Å²) in [5, 5.41) is 10.6. The molecule has 2 nitrogen and oxygen atoms in total. The van der Waals surface area contributed by atoms with Crippen molar-refractivity contribution in [3.8, 4) is 16.6 Å². The number of nitrogens with zero attached hydrogens (tertiary/aromatic N) is 2. The number of thiophene rings is 1. The summed E-state index contributed by atoms with van der Waals surface area (Å²) < 4.78 is 37.5. The number of pyridine rings is 1. The SMILES string of the molecule is N#Cc1ccc(C(F)(F)F)nc1-c1cccs1. The van der Waals surface area contributed by atoms with Crippen LogP contribution in [0.3, 0.4) is 0 Å². The van der Waals surface area contributed by atoms with Gasteiger partial charge < -0.3 is 0 Å². The van der Waals surface area contributed by atoms with Crippen molar-refractivity contribution in [2.75, 3.05) is 0 Å². The lowest BCUT2D eigenvalue weighted by molar-refractivity contribution is -0.141. The van der Waals surface area contributed by atoms with Crippen LogP contribution in [0.4, 0.5) is 13.2 Å². The number of halogens is 3. The molecule has 0 saturated heterocycles. The molecule has 2 heterocycles. The molecule has 0 aromatic carbocycles. The topological polar surface area (TPSA) is 36.7 Å². The van der Waals surface area contributed by atoms with E-state index in [1.165, 1.54) is 11.3 Å². The van der Waals surface area contributed by atoms with Crippen LogP contribution in [0.1, 0.15) is 11.3 Å². The fraction of sp³-hybridized carbons (Fsp3) is 0.0909. The molecule has 0 aliphatic heterocycles. The van der Waals surface area contributed by atoms with E-state index in [0.717, 1.165) is 12.1 Å². The maximum Gasteiger partial charge on any atom is 0.433 e. The molecule has 0 aliphatic rings. The minimum atomic E-state index is -4.50. The Labute approximate surface area is 99.0 Å². The van der Waals surface area contributed by atoms with Gasteiger partial charge in [0, 0.05) is 0 Å². The molecule has 0 spiro atoms. The largest absolute Gasteiger partial charge is 0.433 e. The van der Waals surface area contributed by atoms with E-state index in [2.05, 4.69) is 4.98 Å². The minimum absolute atomic E-state index is 0.0809. The van der Waals surface area contributed by atoms with Crippen LogP contribution in [0.25, 0.3) is 10.6 Å². The fourth-order valence-corrected chi connectivity index (χ4v) is 2.04. The second-order valence-corrected chi connectivity index (χ2v) is 4.13. The Hall–Kier alpha value is -1.87. The van der Waals surface area contributed by atoms with Gasteiger partial charge in [0.1, 0.15) is 11.8 Å². The molecule has 0 amide bonds. The minimum Gasteiger partial charge on any atom is -0.241 e. The van der Waals surface area contributed by atoms with Crippen molar-refractivity contribution in [1.29, 1.82) is 5.26 Å². The third-order valence-electron chi connectivity index (χ3n) is 2.06. The van der Waals surface area contributed by atoms with E-state index in [9.17, 15) is 13.2 Å². The standard InChI is InChI=1S/C11H5F3N2S/c12-11(13,14)9-4-3-7(6-15)10(16-9)8-2-1-5-17-8/h1-5H. The van der Waals surface area contributed by atoms with E-state index in [1.54, 1.807) is 17.5 Å². The third kappa shape index (κ3) is 2.29. The van der Waals surface area contributed by atoms with Crippen LogP contribution in [0.2, 0.25) is 0 Å². The lowest BCUT2D eigenvalue weighted by Gasteiger charge is -2.07. The molecule has 2 aromatic rings. The van der Waals surface area contributed by atoms with E-state index >= 15 is 0 Å². The van der Waals surface area contributed by atoms with Gasteiger partial charge in [0.25, 0.3) is 0 Å². The van der Waals surface area contributed by atoms with Gasteiger partial charge in [-0.1, -0.05) is 6.07 Å². The van der Waals surface area contributed by atoms with Crippen molar-refractivity contribution in [2.24, 2.45) is 0 Å². The van der Waals surface area contributed by atoms with E-state index < -0.39 is 11.9 Å². The summed E-state index contributed by atoms with van der Waals surface area (Å²) in [5.74, 6) is 0. The number of rotatable bonds is 1. The first kappa shape index (κ1) is 11.6. The molecule has 0 N–H and O–H groups in total. The maximum atomic E-state index is 12.5. The molecule has 6 heteroatoms. The Morgan fingerprint density at radius 2 is 2.00 bits per heavy atom. The average molecular weight is 254 g/mol. The molecule has 2 rings (SSSR count). The smallest absolute Gasteiger partial charge is 0.241 e. The Kier molecular flexibility index (Phi) is 2.86. The van der Waals surface area contributed by atoms with Crippen molar-refractivity contribution in [3.63, 3.8) is 0 Å². The highest BCUT2D eigenvalue weighted by atomic mass is 32.1. The van der Waals surface area contributed by atoms with Gasteiger partial charge in [-0.3, -0.25) is 0 Å². The zero-order valence-electron chi connectivity index (χ0n) is 8.32. The monoisotopic (exact) mass is 254 g/mol. The number of alkyl halides is 3. The fourth-order valence-electron chi connectivity index (χ4n) is 1.31. The van der Waals surface area contributed by atoms with Gasteiger partial charge in [-0.25, -0.2) is 4.98 Å². The van der Waals surface area contributed by atoms with Crippen molar-refractivity contribution in [1.82, 2.24) is 4.98 Å². The van der Waals surface area contributed by atoms with Crippen LogP contribution in [0.5, 0.6) is 0 Å². The normalized spacial score (nSPS) is 11.2. The highest BCUT2D eigenvalue weighted by molar-refractivity contribution is 7.13. The summed E-state index contributed by atoms with van der Waals surface area (Å²) in [7, 11) is 0. The lowest BCUT2D eigenvalue weighted by Crippen LogP contribution is -2.08. The number of hydrogen-bond donors (Lipinski definition) is 0. The Bertz CT molecular complexity index is 567. The van der Waals surface area contributed by atoms with Crippen molar-refractivity contribution >= 4 is 11.3 Å². The van der Waals surface area contributed by atoms with E-state index in [0.29, 0.717) is 4.88 Å². The van der Waals surface area contributed by atoms with Crippen molar-refractivity contribution in [2.45, 2.75) is 6.18 Å². The molecule has 17 heavy (non-hydrogen) atoms. The van der Waals surface area contributed by atoms with Gasteiger partial charge in [0.05, 0.1) is 16.1 Å². The Morgan fingerprint density at radius 3 is 2.53 bits per heavy atom. The van der Waals surface area contributed by atoms with Crippen LogP contribution in [0, 0.1) is 11.3 Å². The summed E-state index contributed by atoms with van der Waals surface area (Å²) in [6.45, 7) is 0. The predicted octanol–water partition coefficient (Wildman–Crippen LogP) is 3.70. The van der Waals surface area contributed by atoms with E-state index in [1.807, 2.05) is 6.07 Å². The summed E-state index contributed by atoms with van der Waals surface area (Å²) >= 11 is 1.24. The first-order valence-electron chi connectivity index (χ1n) is 4.54. The van der Waals surface area contributed by atoms with Crippen LogP contribution in [-0.4, -0.2) is 4.98 Å². The molecule has 2 aromatic heterocycles. The highest BCUT2D eigenvalue weighted by Crippen LogP contribution is 2.32. The predicted molar refractivity (Wildman–Crippen MR) is 57.3 cm³/mol. The van der Waals surface area contributed by atoms with Crippen LogP contribution in [-0.2, 0) is 6.18 Å². The zero-order valence-corrected chi connectivity index (χ0v) is 9.14. The summed E-state index contributed by atoms with van der Waals surface area (Å²) in [6.07, 6.45) is -4.50. The van der Waals surface area contributed by atoms with Crippen molar-refractivity contribution < 1.29 is 13.2 Å². The third-order valence-corrected chi connectivity index (χ3v) is 2.94. The molecule has 0 aliphatic carbocycles. The molecule has 0 fully saturated rings. The quantitative estimate of drug-likeness (QED) is 0.778. The van der Waals surface area contributed by atoms with E-state index in [-0.39, 0.29) is 11.3 Å². The first-order valence-corrected chi connectivity index (χ1v) is 5.42. The zero-order chi connectivity index (χ0) is 12.5. The number of nitriles is 1. The molecule has 0 atom stereocenters. The van der Waals surface area contributed by atoms with Gasteiger partial charge in [0.15, 0.2) is 0 Å². The maximum absolute atomic E-state index is 12.5. The van der Waals surface area contributed by atoms with Crippen LogP contribution < -0.4 is 0 Å². The first-order chi connectivity index (χ1) is 8.02. The molecular formula is C11H5F3N2S. The second kappa shape index (κ2) is 4.18. The van der Waals surface area contributed by atoms with E-state index in [4.69, 9.17) is 5.26 Å². The Balaban J connectivity index is 2.61. The highest BCUT2D eigenvalue weighted by Gasteiger charge is 2.33. The summed E-state index contributed by atoms with van der Waals surface area (Å²) in [5.41, 5.74) is -0.766. The van der Waals surface area contributed by atoms with Gasteiger partial charge >= 0.3 is 6.18 Å². The van der Waals surface area contributed by atoms with Gasteiger partial charge in [0.2, 0.25) is 0 Å². The lowest BCUT2D eigenvalue weighted by atomic mass is 10.1. The molecular weight excluding hydrogens is 249 g/mol. The van der Waals surface area contributed by atoms with Crippen LogP contribution >= 0.6 is 11.3 Å². The average Bonchev–Trinajstić information content (AvgIpc) is 2.80. The van der Waals surface area contributed by atoms with Gasteiger partial charge in [-0.2, -0.15) is 18.4 Å². The summed E-state index contributed by atoms with van der Waals surface area (Å²) in [4.78, 5) is 4.07. The number of aromatic nitrogens is 1. The van der Waals surface area contributed by atoms with Crippen LogP contribution in [0.15, 0.2) is 29.6 Å². The second-order valence-electron chi connectivity index (χ2n) is 3.18. The molecule has 0 saturated carbocycles. The molecule has 0 radical (unpaired) electrons. The van der Waals surface area contributed by atoms with Gasteiger partial charge in [-0.05, 0) is 23.6 Å². The van der Waals surface area contributed by atoms with Gasteiger partial charge in [-0.15, -0.1) is 11.3 Å². The Morgan fingerprint density at radius 1 is 1.24 bits per heavy atom. The summed E-state index contributed by atoms with van der Waals surface area (Å²) in [6, 6.07) is 7.13. The molecule has 86 valence electrons. The molecule has 0 unspecified atom stereocenters.